The number of aromatic nitrogens is 2. The highest BCUT2D eigenvalue weighted by molar-refractivity contribution is 6.29. The lowest BCUT2D eigenvalue weighted by atomic mass is 9.96. The first-order chi connectivity index (χ1) is 11.1. The maximum Gasteiger partial charge on any atom is 0.152 e. The van der Waals surface area contributed by atoms with Crippen LogP contribution in [0.3, 0.4) is 0 Å². The average molecular weight is 328 g/mol. The van der Waals surface area contributed by atoms with Crippen molar-refractivity contribution in [1.29, 1.82) is 5.26 Å². The number of nitriles is 1. The first-order valence-corrected chi connectivity index (χ1v) is 6.94. The molecule has 0 saturated heterocycles. The van der Waals surface area contributed by atoms with Gasteiger partial charge in [-0.25, -0.2) is 8.78 Å². The minimum absolute atomic E-state index is 0.0620. The van der Waals surface area contributed by atoms with Gasteiger partial charge in [0.25, 0.3) is 0 Å². The maximum atomic E-state index is 14.2. The van der Waals surface area contributed by atoms with Gasteiger partial charge in [0.15, 0.2) is 5.15 Å². The third kappa shape index (κ3) is 3.03. The fraction of sp³-hybridized carbons (Fsp3) is 0. The van der Waals surface area contributed by atoms with E-state index in [2.05, 4.69) is 10.2 Å². The Bertz CT molecular complexity index is 935. The molecule has 0 radical (unpaired) electrons. The van der Waals surface area contributed by atoms with E-state index in [0.717, 1.165) is 6.07 Å². The first kappa shape index (κ1) is 15.1. The van der Waals surface area contributed by atoms with Gasteiger partial charge in [-0.3, -0.25) is 0 Å². The number of hydrogen-bond acceptors (Lipinski definition) is 3. The molecule has 3 aromatic rings. The molecule has 1 heterocycles. The molecule has 0 N–H and O–H groups in total. The Morgan fingerprint density at radius 2 is 1.78 bits per heavy atom. The standard InChI is InChI=1S/C17H8ClF2N3/c18-17-7-12(9-22-23-17)10-1-4-16(20)15(6-10)14-3-2-13(19)5-11(14)8-21/h1-7,9H. The summed E-state index contributed by atoms with van der Waals surface area (Å²) in [7, 11) is 0. The Morgan fingerprint density at radius 3 is 2.52 bits per heavy atom. The van der Waals surface area contributed by atoms with E-state index in [4.69, 9.17) is 16.9 Å². The minimum Gasteiger partial charge on any atom is -0.207 e. The molecule has 112 valence electrons. The van der Waals surface area contributed by atoms with E-state index in [9.17, 15) is 8.78 Å². The number of hydrogen-bond donors (Lipinski definition) is 0. The fourth-order valence-corrected chi connectivity index (χ4v) is 2.41. The van der Waals surface area contributed by atoms with Crippen LogP contribution in [0.4, 0.5) is 8.78 Å². The van der Waals surface area contributed by atoms with E-state index in [1.165, 1.54) is 24.4 Å². The van der Waals surface area contributed by atoms with E-state index in [0.29, 0.717) is 16.7 Å². The van der Waals surface area contributed by atoms with E-state index in [1.54, 1.807) is 18.2 Å². The van der Waals surface area contributed by atoms with Crippen LogP contribution in [0.5, 0.6) is 0 Å². The molecule has 0 aliphatic heterocycles. The van der Waals surface area contributed by atoms with Gasteiger partial charge in [-0.2, -0.15) is 10.4 Å². The molecule has 0 spiro atoms. The first-order valence-electron chi connectivity index (χ1n) is 6.56. The molecular weight excluding hydrogens is 320 g/mol. The second-order valence-corrected chi connectivity index (χ2v) is 5.15. The van der Waals surface area contributed by atoms with Crippen molar-refractivity contribution in [2.24, 2.45) is 0 Å². The van der Waals surface area contributed by atoms with Crippen molar-refractivity contribution in [1.82, 2.24) is 10.2 Å². The second-order valence-electron chi connectivity index (χ2n) is 4.76. The molecule has 0 fully saturated rings. The smallest absolute Gasteiger partial charge is 0.152 e. The van der Waals surface area contributed by atoms with Crippen LogP contribution in [0.2, 0.25) is 5.15 Å². The van der Waals surface area contributed by atoms with Crippen LogP contribution in [0.15, 0.2) is 48.7 Å². The van der Waals surface area contributed by atoms with E-state index in [1.807, 2.05) is 6.07 Å². The molecule has 1 aromatic heterocycles. The molecule has 23 heavy (non-hydrogen) atoms. The number of halogens is 3. The fourth-order valence-electron chi connectivity index (χ4n) is 2.25. The SMILES string of the molecule is N#Cc1cc(F)ccc1-c1cc(-c2cnnc(Cl)c2)ccc1F. The monoisotopic (exact) mass is 327 g/mol. The van der Waals surface area contributed by atoms with Gasteiger partial charge in [0.1, 0.15) is 11.6 Å². The molecule has 3 nitrogen and oxygen atoms in total. The van der Waals surface area contributed by atoms with Crippen molar-refractivity contribution in [2.45, 2.75) is 0 Å². The summed E-state index contributed by atoms with van der Waals surface area (Å²) in [4.78, 5) is 0. The summed E-state index contributed by atoms with van der Waals surface area (Å²) in [6.07, 6.45) is 1.50. The zero-order chi connectivity index (χ0) is 16.4. The Balaban J connectivity index is 2.18. The number of benzene rings is 2. The second kappa shape index (κ2) is 6.11. The quantitative estimate of drug-likeness (QED) is 0.690. The van der Waals surface area contributed by atoms with Crippen LogP contribution in [-0.4, -0.2) is 10.2 Å². The van der Waals surface area contributed by atoms with Crippen LogP contribution >= 0.6 is 11.6 Å². The van der Waals surface area contributed by atoms with Crippen molar-refractivity contribution in [2.75, 3.05) is 0 Å². The van der Waals surface area contributed by atoms with Crippen LogP contribution in [0.25, 0.3) is 22.3 Å². The average Bonchev–Trinajstić information content (AvgIpc) is 2.55. The van der Waals surface area contributed by atoms with Crippen LogP contribution < -0.4 is 0 Å². The molecule has 0 bridgehead atoms. The zero-order valence-corrected chi connectivity index (χ0v) is 12.4. The molecule has 0 saturated carbocycles. The van der Waals surface area contributed by atoms with Crippen LogP contribution in [0.1, 0.15) is 5.56 Å². The Labute approximate surface area is 135 Å². The molecule has 2 aromatic carbocycles. The third-order valence-corrected chi connectivity index (χ3v) is 3.50. The van der Waals surface area contributed by atoms with Crippen LogP contribution in [-0.2, 0) is 0 Å². The minimum atomic E-state index is -0.549. The summed E-state index contributed by atoms with van der Waals surface area (Å²) >= 11 is 5.82. The lowest BCUT2D eigenvalue weighted by Gasteiger charge is -2.09. The normalized spacial score (nSPS) is 10.3. The number of rotatable bonds is 2. The highest BCUT2D eigenvalue weighted by Crippen LogP contribution is 2.31. The Morgan fingerprint density at radius 1 is 0.957 bits per heavy atom. The van der Waals surface area contributed by atoms with Gasteiger partial charge in [-0.05, 0) is 35.9 Å². The molecule has 0 unspecified atom stereocenters. The van der Waals surface area contributed by atoms with Crippen molar-refractivity contribution < 1.29 is 8.78 Å². The maximum absolute atomic E-state index is 14.2. The topological polar surface area (TPSA) is 49.6 Å². The van der Waals surface area contributed by atoms with Gasteiger partial charge in [0, 0.05) is 16.7 Å². The number of nitrogens with zero attached hydrogens (tertiary/aromatic N) is 3. The molecule has 3 rings (SSSR count). The van der Waals surface area contributed by atoms with Gasteiger partial charge >= 0.3 is 0 Å². The lowest BCUT2D eigenvalue weighted by molar-refractivity contribution is 0.625. The van der Waals surface area contributed by atoms with Gasteiger partial charge < -0.3 is 0 Å². The summed E-state index contributed by atoms with van der Waals surface area (Å²) < 4.78 is 27.5. The van der Waals surface area contributed by atoms with Crippen molar-refractivity contribution in [3.63, 3.8) is 0 Å². The molecule has 6 heteroatoms. The molecule has 0 aliphatic carbocycles. The van der Waals surface area contributed by atoms with E-state index in [-0.39, 0.29) is 16.3 Å². The van der Waals surface area contributed by atoms with Crippen LogP contribution in [0, 0.1) is 23.0 Å². The molecule has 0 atom stereocenters. The summed E-state index contributed by atoms with van der Waals surface area (Å²) in [5, 5.41) is 16.8. The molecule has 0 aliphatic rings. The van der Waals surface area contributed by atoms with E-state index < -0.39 is 11.6 Å². The van der Waals surface area contributed by atoms with Gasteiger partial charge in [0.2, 0.25) is 0 Å². The van der Waals surface area contributed by atoms with Crippen molar-refractivity contribution in [3.05, 3.63) is 71.0 Å². The highest BCUT2D eigenvalue weighted by atomic mass is 35.5. The summed E-state index contributed by atoms with van der Waals surface area (Å²) in [6, 6.07) is 11.5. The summed E-state index contributed by atoms with van der Waals surface area (Å²) in [6.45, 7) is 0. The molecular formula is C17H8ClF2N3. The van der Waals surface area contributed by atoms with E-state index >= 15 is 0 Å². The zero-order valence-electron chi connectivity index (χ0n) is 11.6. The Hall–Kier alpha value is -2.84. The summed E-state index contributed by atoms with van der Waals surface area (Å²) in [5.41, 5.74) is 1.90. The predicted octanol–water partition coefficient (Wildman–Crippen LogP) is 4.61. The predicted molar refractivity (Wildman–Crippen MR) is 82.5 cm³/mol. The van der Waals surface area contributed by atoms with Gasteiger partial charge in [0.05, 0.1) is 17.8 Å². The van der Waals surface area contributed by atoms with Crippen molar-refractivity contribution >= 4 is 11.6 Å². The largest absolute Gasteiger partial charge is 0.207 e. The summed E-state index contributed by atoms with van der Waals surface area (Å²) in [5.74, 6) is -1.06. The third-order valence-electron chi connectivity index (χ3n) is 3.32. The lowest BCUT2D eigenvalue weighted by Crippen LogP contribution is -1.92. The highest BCUT2D eigenvalue weighted by Gasteiger charge is 2.13. The van der Waals surface area contributed by atoms with Gasteiger partial charge in [-0.15, -0.1) is 5.10 Å². The van der Waals surface area contributed by atoms with Crippen molar-refractivity contribution in [3.8, 4) is 28.3 Å². The van der Waals surface area contributed by atoms with Gasteiger partial charge in [-0.1, -0.05) is 23.7 Å². The molecule has 0 amide bonds. The Kier molecular flexibility index (Phi) is 4.00.